The van der Waals surface area contributed by atoms with Gasteiger partial charge in [0.05, 0.1) is 5.69 Å². The van der Waals surface area contributed by atoms with E-state index in [-0.39, 0.29) is 5.78 Å². The predicted molar refractivity (Wildman–Crippen MR) is 84.4 cm³/mol. The Morgan fingerprint density at radius 1 is 1.24 bits per heavy atom. The number of anilines is 2. The van der Waals surface area contributed by atoms with Crippen molar-refractivity contribution in [3.63, 3.8) is 0 Å². The summed E-state index contributed by atoms with van der Waals surface area (Å²) in [6.07, 6.45) is 1.75. The molecule has 1 aromatic carbocycles. The summed E-state index contributed by atoms with van der Waals surface area (Å²) in [5.74, 6) is 0.314. The maximum absolute atomic E-state index is 11.7. The number of hydrogen-bond acceptors (Lipinski definition) is 4. The van der Waals surface area contributed by atoms with Crippen LogP contribution < -0.4 is 10.6 Å². The molecular formula is C15H17N3O2S. The molecule has 0 spiro atoms. The fraction of sp³-hybridized carbons (Fsp3) is 0.267. The number of aromatic nitrogens is 1. The smallest absolute Gasteiger partial charge is 0.325 e. The number of nitrogens with zero attached hydrogens (tertiary/aromatic N) is 2. The van der Waals surface area contributed by atoms with E-state index < -0.39 is 6.03 Å². The summed E-state index contributed by atoms with van der Waals surface area (Å²) < 4.78 is 0. The van der Waals surface area contributed by atoms with Gasteiger partial charge in [-0.15, -0.1) is 11.3 Å². The molecule has 0 unspecified atom stereocenters. The zero-order chi connectivity index (χ0) is 15.6. The topological polar surface area (TPSA) is 76.3 Å². The van der Waals surface area contributed by atoms with Gasteiger partial charge in [0.15, 0.2) is 10.9 Å². The highest BCUT2D eigenvalue weighted by molar-refractivity contribution is 7.15. The Balaban J connectivity index is 2.38. The van der Waals surface area contributed by atoms with Crippen molar-refractivity contribution < 1.29 is 9.59 Å². The van der Waals surface area contributed by atoms with Crippen molar-refractivity contribution in [3.05, 3.63) is 40.9 Å². The summed E-state index contributed by atoms with van der Waals surface area (Å²) in [6.45, 7) is 5.62. The summed E-state index contributed by atoms with van der Waals surface area (Å²) in [6, 6.07) is 6.13. The number of primary amides is 1. The Morgan fingerprint density at radius 3 is 2.29 bits per heavy atom. The molecule has 0 aliphatic carbocycles. The predicted octanol–water partition coefficient (Wildman–Crippen LogP) is 3.69. The molecule has 0 aliphatic rings. The Labute approximate surface area is 127 Å². The number of rotatable bonds is 4. The molecule has 2 rings (SSSR count). The number of benzene rings is 1. The third kappa shape index (κ3) is 3.28. The number of nitrogens with two attached hydrogens (primary N) is 1. The number of urea groups is 1. The van der Waals surface area contributed by atoms with E-state index in [9.17, 15) is 9.59 Å². The lowest BCUT2D eigenvalue weighted by molar-refractivity contribution is 0.101. The number of carbonyl (C=O) groups is 2. The van der Waals surface area contributed by atoms with Gasteiger partial charge in [0.25, 0.3) is 0 Å². The van der Waals surface area contributed by atoms with Crippen LogP contribution in [-0.4, -0.2) is 16.8 Å². The van der Waals surface area contributed by atoms with Crippen LogP contribution in [0.4, 0.5) is 15.6 Å². The first-order valence-corrected chi connectivity index (χ1v) is 7.38. The average molecular weight is 303 g/mol. The second-order valence-corrected chi connectivity index (χ2v) is 6.02. The van der Waals surface area contributed by atoms with Crippen LogP contribution in [0.3, 0.4) is 0 Å². The molecule has 0 bridgehead atoms. The van der Waals surface area contributed by atoms with Crippen molar-refractivity contribution in [2.45, 2.75) is 26.7 Å². The molecule has 0 saturated heterocycles. The highest BCUT2D eigenvalue weighted by Gasteiger charge is 2.19. The standard InChI is InChI=1S/C15H17N3O2S/c1-9(2)13-8-17-15(21-13)18(14(16)20)12-6-4-11(5-7-12)10(3)19/h4-9H,1-3H3,(H2,16,20). The van der Waals surface area contributed by atoms with Gasteiger partial charge in [-0.3, -0.25) is 4.79 Å². The molecule has 1 heterocycles. The molecule has 21 heavy (non-hydrogen) atoms. The highest BCUT2D eigenvalue weighted by atomic mass is 32.1. The number of amides is 2. The molecule has 2 aromatic rings. The quantitative estimate of drug-likeness (QED) is 0.875. The molecule has 6 heteroatoms. The van der Waals surface area contributed by atoms with Gasteiger partial charge in [-0.25, -0.2) is 14.7 Å². The molecule has 2 amide bonds. The summed E-state index contributed by atoms with van der Waals surface area (Å²) in [5.41, 5.74) is 6.65. The van der Waals surface area contributed by atoms with Gasteiger partial charge in [-0.05, 0) is 37.1 Å². The van der Waals surface area contributed by atoms with Crippen LogP contribution in [0.1, 0.15) is 41.9 Å². The minimum atomic E-state index is -0.602. The van der Waals surface area contributed by atoms with E-state index in [1.807, 2.05) is 0 Å². The molecule has 0 saturated carbocycles. The zero-order valence-corrected chi connectivity index (χ0v) is 13.0. The molecule has 0 atom stereocenters. The summed E-state index contributed by atoms with van der Waals surface area (Å²) in [5, 5.41) is 0.529. The summed E-state index contributed by atoms with van der Waals surface area (Å²) in [7, 11) is 0. The fourth-order valence-corrected chi connectivity index (χ4v) is 2.77. The minimum absolute atomic E-state index is 0.0245. The van der Waals surface area contributed by atoms with Gasteiger partial charge >= 0.3 is 6.03 Å². The third-order valence-electron chi connectivity index (χ3n) is 3.02. The van der Waals surface area contributed by atoms with Crippen LogP contribution in [0.25, 0.3) is 0 Å². The van der Waals surface area contributed by atoms with Crippen LogP contribution in [0.2, 0.25) is 0 Å². The average Bonchev–Trinajstić information content (AvgIpc) is 2.88. The molecular weight excluding hydrogens is 286 g/mol. The molecule has 5 nitrogen and oxygen atoms in total. The van der Waals surface area contributed by atoms with Crippen molar-refractivity contribution in [1.29, 1.82) is 0 Å². The largest absolute Gasteiger partial charge is 0.351 e. The second kappa shape index (κ2) is 6.05. The Morgan fingerprint density at radius 2 is 1.86 bits per heavy atom. The van der Waals surface area contributed by atoms with E-state index in [4.69, 9.17) is 5.73 Å². The molecule has 1 aromatic heterocycles. The number of thiazole rings is 1. The lowest BCUT2D eigenvalue weighted by Gasteiger charge is -2.17. The summed E-state index contributed by atoms with van der Waals surface area (Å²) in [4.78, 5) is 29.7. The Bertz CT molecular complexity index is 662. The molecule has 0 aliphatic heterocycles. The van der Waals surface area contributed by atoms with Crippen LogP contribution in [0.15, 0.2) is 30.5 Å². The van der Waals surface area contributed by atoms with Crippen LogP contribution in [0, 0.1) is 0 Å². The van der Waals surface area contributed by atoms with Crippen LogP contribution in [0.5, 0.6) is 0 Å². The van der Waals surface area contributed by atoms with Crippen molar-refractivity contribution in [2.24, 2.45) is 5.73 Å². The normalized spacial score (nSPS) is 10.7. The number of carbonyl (C=O) groups excluding carboxylic acids is 2. The van der Waals surface area contributed by atoms with E-state index in [2.05, 4.69) is 18.8 Å². The molecule has 0 fully saturated rings. The number of hydrogen-bond donors (Lipinski definition) is 1. The van der Waals surface area contributed by atoms with Gasteiger partial charge in [0, 0.05) is 16.6 Å². The fourth-order valence-electron chi connectivity index (χ4n) is 1.82. The first kappa shape index (κ1) is 15.2. The van der Waals surface area contributed by atoms with Gasteiger partial charge in [0.2, 0.25) is 0 Å². The maximum Gasteiger partial charge on any atom is 0.325 e. The van der Waals surface area contributed by atoms with Crippen LogP contribution in [-0.2, 0) is 0 Å². The molecule has 0 radical (unpaired) electrons. The highest BCUT2D eigenvalue weighted by Crippen LogP contribution is 2.32. The second-order valence-electron chi connectivity index (χ2n) is 4.98. The van der Waals surface area contributed by atoms with Crippen molar-refractivity contribution in [2.75, 3.05) is 4.90 Å². The third-order valence-corrected chi connectivity index (χ3v) is 4.31. The van der Waals surface area contributed by atoms with Crippen molar-refractivity contribution >= 4 is 34.0 Å². The lowest BCUT2D eigenvalue weighted by atomic mass is 10.1. The SMILES string of the molecule is CC(=O)c1ccc(N(C(N)=O)c2ncc(C(C)C)s2)cc1. The van der Waals surface area contributed by atoms with E-state index in [1.165, 1.54) is 23.2 Å². The van der Waals surface area contributed by atoms with E-state index >= 15 is 0 Å². The van der Waals surface area contributed by atoms with Gasteiger partial charge < -0.3 is 5.73 Å². The van der Waals surface area contributed by atoms with E-state index in [0.717, 1.165) is 4.88 Å². The Hall–Kier alpha value is -2.21. The zero-order valence-electron chi connectivity index (χ0n) is 12.2. The monoisotopic (exact) mass is 303 g/mol. The molecule has 110 valence electrons. The van der Waals surface area contributed by atoms with E-state index in [0.29, 0.717) is 22.3 Å². The minimum Gasteiger partial charge on any atom is -0.351 e. The lowest BCUT2D eigenvalue weighted by Crippen LogP contribution is -2.31. The Kier molecular flexibility index (Phi) is 4.37. The van der Waals surface area contributed by atoms with Crippen molar-refractivity contribution in [3.8, 4) is 0 Å². The van der Waals surface area contributed by atoms with Crippen molar-refractivity contribution in [1.82, 2.24) is 4.98 Å². The van der Waals surface area contributed by atoms with Gasteiger partial charge in [0.1, 0.15) is 0 Å². The number of ketones is 1. The summed E-state index contributed by atoms with van der Waals surface area (Å²) >= 11 is 1.43. The first-order chi connectivity index (χ1) is 9.90. The molecule has 2 N–H and O–H groups in total. The van der Waals surface area contributed by atoms with Crippen LogP contribution >= 0.6 is 11.3 Å². The first-order valence-electron chi connectivity index (χ1n) is 6.56. The maximum atomic E-state index is 11.7. The van der Waals surface area contributed by atoms with Gasteiger partial charge in [-0.2, -0.15) is 0 Å². The van der Waals surface area contributed by atoms with Gasteiger partial charge in [-0.1, -0.05) is 13.8 Å². The number of Topliss-reactive ketones (excluding diaryl/α,β-unsaturated/α-hetero) is 1. The van der Waals surface area contributed by atoms with E-state index in [1.54, 1.807) is 30.5 Å².